The average molecular weight is 429 g/mol. The Morgan fingerprint density at radius 2 is 1.77 bits per heavy atom. The topological polar surface area (TPSA) is 87.0 Å². The quantitative estimate of drug-likeness (QED) is 0.552. The maximum Gasteiger partial charge on any atom is 0.294 e. The van der Waals surface area contributed by atoms with E-state index >= 15 is 0 Å². The molecule has 2 aromatic rings. The lowest BCUT2D eigenvalue weighted by Crippen LogP contribution is -2.50. The van der Waals surface area contributed by atoms with Crippen LogP contribution >= 0.6 is 11.6 Å². The highest BCUT2D eigenvalue weighted by molar-refractivity contribution is 6.30. The fraction of sp³-hybridized carbons (Fsp3) is 0.333. The number of hydrogen-bond donors (Lipinski definition) is 0. The molecule has 0 bridgehead atoms. The van der Waals surface area contributed by atoms with E-state index in [1.807, 2.05) is 35.2 Å². The predicted octanol–water partition coefficient (Wildman–Crippen LogP) is 2.95. The highest BCUT2D eigenvalue weighted by Crippen LogP contribution is 2.32. The molecule has 30 heavy (non-hydrogen) atoms. The van der Waals surface area contributed by atoms with Gasteiger partial charge in [-0.1, -0.05) is 29.8 Å². The monoisotopic (exact) mass is 428 g/mol. The first kappa shape index (κ1) is 20.2. The van der Waals surface area contributed by atoms with E-state index in [0.717, 1.165) is 5.69 Å². The van der Waals surface area contributed by atoms with Crippen LogP contribution in [0.15, 0.2) is 48.5 Å². The second-order valence-corrected chi connectivity index (χ2v) is 7.88. The Kier molecular flexibility index (Phi) is 5.59. The highest BCUT2D eigenvalue weighted by Gasteiger charge is 2.38. The number of nitrogens with zero attached hydrogens (tertiary/aromatic N) is 4. The summed E-state index contributed by atoms with van der Waals surface area (Å²) in [4.78, 5) is 41.6. The van der Waals surface area contributed by atoms with Crippen LogP contribution in [-0.2, 0) is 9.59 Å². The Hall–Kier alpha value is -3.13. The third-order valence-electron chi connectivity index (χ3n) is 5.61. The van der Waals surface area contributed by atoms with E-state index in [2.05, 4.69) is 0 Å². The number of anilines is 2. The minimum atomic E-state index is -0.443. The number of carbonyl (C=O) groups excluding carboxylic acids is 2. The minimum absolute atomic E-state index is 0.0352. The van der Waals surface area contributed by atoms with Crippen molar-refractivity contribution in [2.45, 2.75) is 6.42 Å². The number of benzene rings is 2. The molecule has 2 aliphatic rings. The normalized spacial score (nSPS) is 19.3. The van der Waals surface area contributed by atoms with Gasteiger partial charge in [0.1, 0.15) is 5.69 Å². The second kappa shape index (κ2) is 8.31. The molecule has 2 amide bonds. The van der Waals surface area contributed by atoms with Crippen molar-refractivity contribution in [3.63, 3.8) is 0 Å². The summed E-state index contributed by atoms with van der Waals surface area (Å²) >= 11 is 5.90. The molecule has 2 heterocycles. The lowest BCUT2D eigenvalue weighted by atomic mass is 10.1. The van der Waals surface area contributed by atoms with Crippen LogP contribution in [-0.4, -0.2) is 54.4 Å². The highest BCUT2D eigenvalue weighted by atomic mass is 35.5. The van der Waals surface area contributed by atoms with Gasteiger partial charge in [0.2, 0.25) is 11.8 Å². The van der Waals surface area contributed by atoms with E-state index in [1.165, 1.54) is 6.07 Å². The SMILES string of the molecule is O=C([C@H]1CC(=O)N(c2ccccc2)C1)N1CCN(c2ccc(Cl)cc2[N+](=O)[O-])CC1. The zero-order valence-corrected chi connectivity index (χ0v) is 17.0. The van der Waals surface area contributed by atoms with Gasteiger partial charge in [-0.15, -0.1) is 0 Å². The summed E-state index contributed by atoms with van der Waals surface area (Å²) in [6.07, 6.45) is 0.205. The molecule has 0 unspecified atom stereocenters. The maximum absolute atomic E-state index is 13.0. The third-order valence-corrected chi connectivity index (χ3v) is 5.84. The molecule has 0 spiro atoms. The molecular weight excluding hydrogens is 408 g/mol. The summed E-state index contributed by atoms with van der Waals surface area (Å²) in [5.41, 5.74) is 1.27. The van der Waals surface area contributed by atoms with E-state index in [9.17, 15) is 19.7 Å². The number of nitro groups is 1. The Labute approximate surface area is 178 Å². The van der Waals surface area contributed by atoms with Gasteiger partial charge in [-0.25, -0.2) is 0 Å². The van der Waals surface area contributed by atoms with Gasteiger partial charge in [-0.2, -0.15) is 0 Å². The van der Waals surface area contributed by atoms with Gasteiger partial charge in [-0.05, 0) is 24.3 Å². The zero-order chi connectivity index (χ0) is 21.3. The number of carbonyl (C=O) groups is 2. The number of hydrogen-bond acceptors (Lipinski definition) is 5. The van der Waals surface area contributed by atoms with Gasteiger partial charge >= 0.3 is 0 Å². The lowest BCUT2D eigenvalue weighted by Gasteiger charge is -2.36. The molecule has 0 aromatic heterocycles. The predicted molar refractivity (Wildman–Crippen MR) is 114 cm³/mol. The molecule has 0 radical (unpaired) electrons. The van der Waals surface area contributed by atoms with Crippen molar-refractivity contribution in [2.24, 2.45) is 5.92 Å². The summed E-state index contributed by atoms with van der Waals surface area (Å²) in [6, 6.07) is 14.0. The molecule has 0 aliphatic carbocycles. The van der Waals surface area contributed by atoms with Crippen LogP contribution in [0.5, 0.6) is 0 Å². The number of halogens is 1. The fourth-order valence-corrected chi connectivity index (χ4v) is 4.23. The fourth-order valence-electron chi connectivity index (χ4n) is 4.07. The summed E-state index contributed by atoms with van der Waals surface area (Å²) in [7, 11) is 0. The summed E-state index contributed by atoms with van der Waals surface area (Å²) < 4.78 is 0. The smallest absolute Gasteiger partial charge is 0.294 e. The first-order chi connectivity index (χ1) is 14.4. The molecule has 2 saturated heterocycles. The molecule has 2 aromatic carbocycles. The van der Waals surface area contributed by atoms with Crippen LogP contribution in [0, 0.1) is 16.0 Å². The van der Waals surface area contributed by atoms with Crippen molar-refractivity contribution >= 4 is 40.5 Å². The Morgan fingerprint density at radius 3 is 2.43 bits per heavy atom. The number of amides is 2. The molecular formula is C21H21ClN4O4. The van der Waals surface area contributed by atoms with Crippen LogP contribution < -0.4 is 9.80 Å². The number of rotatable bonds is 4. The van der Waals surface area contributed by atoms with Gasteiger partial charge in [0.25, 0.3) is 5.69 Å². The molecule has 8 nitrogen and oxygen atoms in total. The van der Waals surface area contributed by atoms with Crippen LogP contribution in [0.4, 0.5) is 17.1 Å². The molecule has 2 fully saturated rings. The van der Waals surface area contributed by atoms with Gasteiger partial charge in [0, 0.05) is 55.9 Å². The Balaban J connectivity index is 1.40. The van der Waals surface area contributed by atoms with Crippen molar-refractivity contribution in [3.05, 3.63) is 63.7 Å². The molecule has 1 atom stereocenters. The molecule has 2 aliphatic heterocycles. The first-order valence-electron chi connectivity index (χ1n) is 9.77. The number of para-hydroxylation sites is 1. The van der Waals surface area contributed by atoms with Crippen molar-refractivity contribution in [1.29, 1.82) is 0 Å². The van der Waals surface area contributed by atoms with Crippen molar-refractivity contribution in [2.75, 3.05) is 42.5 Å². The van der Waals surface area contributed by atoms with Gasteiger partial charge in [0.05, 0.1) is 10.8 Å². The summed E-state index contributed by atoms with van der Waals surface area (Å²) in [5, 5.41) is 11.7. The standard InChI is InChI=1S/C21H21ClN4O4/c22-16-6-7-18(19(13-16)26(29)30)23-8-10-24(11-9-23)21(28)15-12-20(27)25(14-15)17-4-2-1-3-5-17/h1-7,13,15H,8-12,14H2/t15-/m0/s1. The van der Waals surface area contributed by atoms with E-state index in [-0.39, 0.29) is 29.8 Å². The molecule has 156 valence electrons. The second-order valence-electron chi connectivity index (χ2n) is 7.44. The van der Waals surface area contributed by atoms with Crippen LogP contribution in [0.3, 0.4) is 0 Å². The maximum atomic E-state index is 13.0. The van der Waals surface area contributed by atoms with E-state index in [0.29, 0.717) is 43.4 Å². The van der Waals surface area contributed by atoms with Crippen LogP contribution in [0.25, 0.3) is 0 Å². The van der Waals surface area contributed by atoms with Gasteiger partial charge < -0.3 is 14.7 Å². The molecule has 4 rings (SSSR count). The Morgan fingerprint density at radius 1 is 1.07 bits per heavy atom. The number of nitro benzene ring substituents is 1. The zero-order valence-electron chi connectivity index (χ0n) is 16.2. The van der Waals surface area contributed by atoms with Crippen molar-refractivity contribution in [3.8, 4) is 0 Å². The lowest BCUT2D eigenvalue weighted by molar-refractivity contribution is -0.384. The van der Waals surface area contributed by atoms with Crippen LogP contribution in [0.2, 0.25) is 5.02 Å². The van der Waals surface area contributed by atoms with Crippen molar-refractivity contribution < 1.29 is 14.5 Å². The molecule has 0 saturated carbocycles. The van der Waals surface area contributed by atoms with Crippen LogP contribution in [0.1, 0.15) is 6.42 Å². The van der Waals surface area contributed by atoms with E-state index < -0.39 is 4.92 Å². The summed E-state index contributed by atoms with van der Waals surface area (Å²) in [5.74, 6) is -0.448. The van der Waals surface area contributed by atoms with E-state index in [1.54, 1.807) is 21.9 Å². The minimum Gasteiger partial charge on any atom is -0.362 e. The van der Waals surface area contributed by atoms with Gasteiger partial charge in [0.15, 0.2) is 0 Å². The largest absolute Gasteiger partial charge is 0.362 e. The summed E-state index contributed by atoms with van der Waals surface area (Å²) in [6.45, 7) is 2.25. The average Bonchev–Trinajstić information content (AvgIpc) is 3.15. The van der Waals surface area contributed by atoms with Crippen molar-refractivity contribution in [1.82, 2.24) is 4.90 Å². The first-order valence-corrected chi connectivity index (χ1v) is 10.1. The molecule has 0 N–H and O–H groups in total. The molecule has 9 heteroatoms. The Bertz CT molecular complexity index is 976. The number of piperazine rings is 1. The third kappa shape index (κ3) is 3.95. The van der Waals surface area contributed by atoms with E-state index in [4.69, 9.17) is 11.6 Å². The van der Waals surface area contributed by atoms with Gasteiger partial charge in [-0.3, -0.25) is 19.7 Å².